The van der Waals surface area contributed by atoms with Crippen LogP contribution in [0.4, 0.5) is 8.78 Å². The van der Waals surface area contributed by atoms with E-state index in [0.29, 0.717) is 29.9 Å². The second-order valence-electron chi connectivity index (χ2n) is 9.20. The molecule has 0 aliphatic rings. The van der Waals surface area contributed by atoms with Crippen molar-refractivity contribution >= 4 is 22.2 Å². The van der Waals surface area contributed by atoms with Crippen molar-refractivity contribution in [1.82, 2.24) is 20.8 Å². The third-order valence-corrected chi connectivity index (χ3v) is 6.58. The molecule has 4 rings (SSSR count). The molecule has 5 N–H and O–H groups in total. The Morgan fingerprint density at radius 1 is 1.15 bits per heavy atom. The number of hydroxylamine groups is 1. The molecule has 2 aromatic carbocycles. The minimum atomic E-state index is -0.519. The standard InChI is InChI=1S/C23H28N4O2.C8H8F2/c1-4-17(21-10-23(16(3)27-29)25-11-15(21)2)12-24-19(14-28)9-18-13-26-22-8-6-5-7-20(18)22;1-2-6-3-4-7(9)5-8(6)10/h4-8,10-11,13,19,24,26-29H,3,9,12,14H2,1-2H3;3-5H,2H2,1H3/b17-4-;/t19-;/m0./s1. The summed E-state index contributed by atoms with van der Waals surface area (Å²) in [5.74, 6) is -0.975. The van der Waals surface area contributed by atoms with E-state index < -0.39 is 11.6 Å². The minimum Gasteiger partial charge on any atom is -0.395 e. The zero-order chi connectivity index (χ0) is 28.4. The highest BCUT2D eigenvalue weighted by atomic mass is 19.1. The Bertz CT molecular complexity index is 1430. The van der Waals surface area contributed by atoms with Crippen LogP contribution < -0.4 is 10.8 Å². The second kappa shape index (κ2) is 14.3. The average molecular weight is 535 g/mol. The van der Waals surface area contributed by atoms with Crippen LogP contribution in [0, 0.1) is 18.6 Å². The Balaban J connectivity index is 0.000000353. The van der Waals surface area contributed by atoms with Gasteiger partial charge in [0.1, 0.15) is 11.6 Å². The quantitative estimate of drug-likeness (QED) is 0.162. The highest BCUT2D eigenvalue weighted by Crippen LogP contribution is 2.22. The second-order valence-corrected chi connectivity index (χ2v) is 9.20. The van der Waals surface area contributed by atoms with E-state index in [1.54, 1.807) is 6.20 Å². The summed E-state index contributed by atoms with van der Waals surface area (Å²) in [5, 5.41) is 23.7. The number of para-hydroxylation sites is 1. The Morgan fingerprint density at radius 3 is 2.59 bits per heavy atom. The van der Waals surface area contributed by atoms with Crippen molar-refractivity contribution in [2.24, 2.45) is 0 Å². The molecule has 206 valence electrons. The number of fused-ring (bicyclic) bond motifs is 1. The molecule has 0 amide bonds. The van der Waals surface area contributed by atoms with E-state index in [1.165, 1.54) is 23.1 Å². The molecular formula is C31H36F2N4O2. The SMILES string of the molecule is C=C(NO)c1cc(/C(=C\C)CN[C@H](CO)Cc2c[nH]c3ccccc23)c(C)cn1.CCc1ccc(F)cc1F. The molecule has 8 heteroatoms. The maximum absolute atomic E-state index is 12.6. The Morgan fingerprint density at radius 2 is 1.92 bits per heavy atom. The molecule has 1 atom stereocenters. The van der Waals surface area contributed by atoms with E-state index in [9.17, 15) is 13.9 Å². The van der Waals surface area contributed by atoms with Crippen molar-refractivity contribution in [2.45, 2.75) is 39.7 Å². The van der Waals surface area contributed by atoms with E-state index in [-0.39, 0.29) is 12.6 Å². The van der Waals surface area contributed by atoms with E-state index >= 15 is 0 Å². The first-order chi connectivity index (χ1) is 18.8. The Hall–Kier alpha value is -3.85. The summed E-state index contributed by atoms with van der Waals surface area (Å²) in [4.78, 5) is 7.59. The van der Waals surface area contributed by atoms with Crippen molar-refractivity contribution in [1.29, 1.82) is 0 Å². The topological polar surface area (TPSA) is 93.2 Å². The zero-order valence-electron chi connectivity index (χ0n) is 22.6. The number of benzene rings is 2. The van der Waals surface area contributed by atoms with Gasteiger partial charge in [0.05, 0.1) is 18.0 Å². The highest BCUT2D eigenvalue weighted by Gasteiger charge is 2.14. The molecule has 0 spiro atoms. The largest absolute Gasteiger partial charge is 0.395 e. The van der Waals surface area contributed by atoms with Gasteiger partial charge in [-0.25, -0.2) is 8.78 Å². The predicted octanol–water partition coefficient (Wildman–Crippen LogP) is 5.94. The van der Waals surface area contributed by atoms with Gasteiger partial charge in [0.25, 0.3) is 0 Å². The first-order valence-electron chi connectivity index (χ1n) is 12.9. The van der Waals surface area contributed by atoms with Gasteiger partial charge in [-0.2, -0.15) is 0 Å². The van der Waals surface area contributed by atoms with Gasteiger partial charge < -0.3 is 15.4 Å². The van der Waals surface area contributed by atoms with Crippen molar-refractivity contribution in [3.05, 3.63) is 113 Å². The number of nitrogens with zero attached hydrogens (tertiary/aromatic N) is 1. The van der Waals surface area contributed by atoms with Gasteiger partial charge in [-0.05, 0) is 72.7 Å². The fraction of sp³-hybridized carbons (Fsp3) is 0.258. The number of aromatic amines is 1. The van der Waals surface area contributed by atoms with Crippen molar-refractivity contribution in [3.63, 3.8) is 0 Å². The van der Waals surface area contributed by atoms with Crippen LogP contribution in [0.25, 0.3) is 22.2 Å². The summed E-state index contributed by atoms with van der Waals surface area (Å²) in [7, 11) is 0. The van der Waals surface area contributed by atoms with Gasteiger partial charge >= 0.3 is 0 Å². The van der Waals surface area contributed by atoms with Crippen LogP contribution in [0.1, 0.15) is 41.8 Å². The third kappa shape index (κ3) is 7.83. The average Bonchev–Trinajstić information content (AvgIpc) is 3.36. The number of hydrogen-bond acceptors (Lipinski definition) is 5. The molecule has 0 unspecified atom stereocenters. The summed E-state index contributed by atoms with van der Waals surface area (Å²) in [6.45, 7) is 10.2. The molecule has 4 aromatic rings. The van der Waals surface area contributed by atoms with E-state index in [1.807, 2.05) is 51.2 Å². The molecule has 0 saturated heterocycles. The molecule has 0 aliphatic heterocycles. The zero-order valence-corrected chi connectivity index (χ0v) is 22.6. The first-order valence-corrected chi connectivity index (χ1v) is 12.9. The first kappa shape index (κ1) is 29.7. The normalized spacial score (nSPS) is 12.1. The summed E-state index contributed by atoms with van der Waals surface area (Å²) in [6.07, 6.45) is 7.16. The molecule has 0 radical (unpaired) electrons. The highest BCUT2D eigenvalue weighted by molar-refractivity contribution is 5.83. The van der Waals surface area contributed by atoms with Gasteiger partial charge in [-0.1, -0.05) is 43.8 Å². The van der Waals surface area contributed by atoms with Gasteiger partial charge in [-0.3, -0.25) is 15.7 Å². The molecular weight excluding hydrogens is 498 g/mol. The monoisotopic (exact) mass is 534 g/mol. The number of hydrogen-bond donors (Lipinski definition) is 5. The minimum absolute atomic E-state index is 0.0440. The number of pyridine rings is 1. The Labute approximate surface area is 228 Å². The molecule has 0 bridgehead atoms. The lowest BCUT2D eigenvalue weighted by atomic mass is 9.99. The summed E-state index contributed by atoms with van der Waals surface area (Å²) < 4.78 is 24.9. The maximum atomic E-state index is 12.6. The molecule has 0 saturated carbocycles. The van der Waals surface area contributed by atoms with E-state index in [0.717, 1.165) is 34.7 Å². The number of rotatable bonds is 10. The lowest BCUT2D eigenvalue weighted by Crippen LogP contribution is -2.35. The molecule has 0 aliphatic carbocycles. The van der Waals surface area contributed by atoms with Crippen LogP contribution in [0.2, 0.25) is 0 Å². The van der Waals surface area contributed by atoms with E-state index in [2.05, 4.69) is 39.5 Å². The third-order valence-electron chi connectivity index (χ3n) is 6.58. The van der Waals surface area contributed by atoms with Crippen LogP contribution in [0.5, 0.6) is 0 Å². The van der Waals surface area contributed by atoms with Crippen molar-refractivity contribution in [2.75, 3.05) is 13.2 Å². The lowest BCUT2D eigenvalue weighted by molar-refractivity contribution is 0.224. The number of aromatic nitrogens is 2. The van der Waals surface area contributed by atoms with E-state index in [4.69, 9.17) is 5.21 Å². The fourth-order valence-electron chi connectivity index (χ4n) is 4.27. The molecule has 39 heavy (non-hydrogen) atoms. The number of halogens is 2. The van der Waals surface area contributed by atoms with Crippen LogP contribution in [-0.4, -0.2) is 39.5 Å². The summed E-state index contributed by atoms with van der Waals surface area (Å²) in [5.41, 5.74) is 8.99. The van der Waals surface area contributed by atoms with Gasteiger partial charge in [-0.15, -0.1) is 0 Å². The fourth-order valence-corrected chi connectivity index (χ4v) is 4.27. The smallest absolute Gasteiger partial charge is 0.129 e. The van der Waals surface area contributed by atoms with Gasteiger partial charge in [0, 0.05) is 41.9 Å². The van der Waals surface area contributed by atoms with Crippen LogP contribution >= 0.6 is 0 Å². The van der Waals surface area contributed by atoms with Crippen LogP contribution in [0.15, 0.2) is 73.6 Å². The molecule has 2 heterocycles. The maximum Gasteiger partial charge on any atom is 0.129 e. The van der Waals surface area contributed by atoms with Crippen LogP contribution in [0.3, 0.4) is 0 Å². The number of H-pyrrole nitrogens is 1. The van der Waals surface area contributed by atoms with Gasteiger partial charge in [0.2, 0.25) is 0 Å². The Kier molecular flexibility index (Phi) is 10.9. The molecule has 6 nitrogen and oxygen atoms in total. The molecule has 2 aromatic heterocycles. The predicted molar refractivity (Wildman–Crippen MR) is 153 cm³/mol. The van der Waals surface area contributed by atoms with Crippen molar-refractivity contribution < 1.29 is 19.1 Å². The molecule has 0 fully saturated rings. The summed E-state index contributed by atoms with van der Waals surface area (Å²) in [6, 6.07) is 13.7. The van der Waals surface area contributed by atoms with Gasteiger partial charge in [0.15, 0.2) is 0 Å². The number of allylic oxidation sites excluding steroid dienone is 1. The number of aliphatic hydroxyl groups is 1. The van der Waals surface area contributed by atoms with Crippen molar-refractivity contribution in [3.8, 4) is 0 Å². The van der Waals surface area contributed by atoms with Crippen LogP contribution in [-0.2, 0) is 12.8 Å². The number of nitrogens with one attached hydrogen (secondary N) is 3. The number of aliphatic hydroxyl groups excluding tert-OH is 1. The number of aryl methyl sites for hydroxylation is 2. The summed E-state index contributed by atoms with van der Waals surface area (Å²) >= 11 is 0. The lowest BCUT2D eigenvalue weighted by Gasteiger charge is -2.19.